The van der Waals surface area contributed by atoms with Crippen LogP contribution in [-0.2, 0) is 16.0 Å². The molecule has 0 spiro atoms. The predicted molar refractivity (Wildman–Crippen MR) is 103 cm³/mol. The molecule has 1 atom stereocenters. The molecule has 1 unspecified atom stereocenters. The van der Waals surface area contributed by atoms with Crippen molar-refractivity contribution in [1.29, 1.82) is 0 Å². The van der Waals surface area contributed by atoms with Gasteiger partial charge in [0.2, 0.25) is 11.8 Å². The van der Waals surface area contributed by atoms with Crippen LogP contribution in [0.15, 0.2) is 48.5 Å². The smallest absolute Gasteiger partial charge is 0.387 e. The summed E-state index contributed by atoms with van der Waals surface area (Å²) in [6.07, 6.45) is 0.698. The summed E-state index contributed by atoms with van der Waals surface area (Å²) in [5, 5.41) is 2.84. The van der Waals surface area contributed by atoms with Gasteiger partial charge in [0.15, 0.2) is 0 Å². The average Bonchev–Trinajstić information content (AvgIpc) is 3.10. The van der Waals surface area contributed by atoms with Crippen LogP contribution in [-0.4, -0.2) is 38.6 Å². The summed E-state index contributed by atoms with van der Waals surface area (Å²) < 4.78 is 33.8. The Bertz CT molecular complexity index is 858. The number of hydrogen-bond acceptors (Lipinski definition) is 4. The number of amides is 2. The molecule has 2 aromatic rings. The van der Waals surface area contributed by atoms with Crippen LogP contribution in [0.25, 0.3) is 0 Å². The van der Waals surface area contributed by atoms with Gasteiger partial charge in [0, 0.05) is 31.3 Å². The molecule has 8 heteroatoms. The molecular formula is C21H22F2N2O4. The van der Waals surface area contributed by atoms with Crippen molar-refractivity contribution in [3.05, 3.63) is 54.1 Å². The fourth-order valence-electron chi connectivity index (χ4n) is 3.22. The summed E-state index contributed by atoms with van der Waals surface area (Å²) in [4.78, 5) is 26.4. The molecule has 1 fully saturated rings. The maximum absolute atomic E-state index is 12.4. The maximum Gasteiger partial charge on any atom is 0.387 e. The number of methoxy groups -OCH3 is 1. The number of alkyl halides is 2. The van der Waals surface area contributed by atoms with Gasteiger partial charge in [-0.15, -0.1) is 0 Å². The van der Waals surface area contributed by atoms with Gasteiger partial charge in [-0.05, 0) is 36.2 Å². The first-order valence-electron chi connectivity index (χ1n) is 9.22. The molecule has 0 saturated carbocycles. The summed E-state index contributed by atoms with van der Waals surface area (Å²) >= 11 is 0. The van der Waals surface area contributed by atoms with Crippen LogP contribution < -0.4 is 19.7 Å². The van der Waals surface area contributed by atoms with Crippen molar-refractivity contribution in [1.82, 2.24) is 5.32 Å². The van der Waals surface area contributed by atoms with Gasteiger partial charge in [0.1, 0.15) is 11.5 Å². The Morgan fingerprint density at radius 2 is 1.97 bits per heavy atom. The van der Waals surface area contributed by atoms with Crippen LogP contribution in [0.5, 0.6) is 11.5 Å². The zero-order valence-corrected chi connectivity index (χ0v) is 15.9. The molecule has 29 heavy (non-hydrogen) atoms. The van der Waals surface area contributed by atoms with Gasteiger partial charge in [-0.1, -0.05) is 18.2 Å². The van der Waals surface area contributed by atoms with Gasteiger partial charge in [0.05, 0.1) is 13.0 Å². The van der Waals surface area contributed by atoms with E-state index in [1.54, 1.807) is 42.3 Å². The summed E-state index contributed by atoms with van der Waals surface area (Å²) in [6.45, 7) is -2.15. The highest BCUT2D eigenvalue weighted by Gasteiger charge is 2.35. The van der Waals surface area contributed by atoms with Crippen molar-refractivity contribution >= 4 is 17.5 Å². The molecule has 3 rings (SSSR count). The van der Waals surface area contributed by atoms with E-state index in [2.05, 4.69) is 10.1 Å². The first-order valence-corrected chi connectivity index (χ1v) is 9.22. The van der Waals surface area contributed by atoms with Crippen LogP contribution in [0.2, 0.25) is 0 Å². The Morgan fingerprint density at radius 3 is 2.66 bits per heavy atom. The lowest BCUT2D eigenvalue weighted by Crippen LogP contribution is -2.34. The third-order valence-electron chi connectivity index (χ3n) is 4.72. The van der Waals surface area contributed by atoms with Crippen molar-refractivity contribution in [2.45, 2.75) is 19.5 Å². The van der Waals surface area contributed by atoms with E-state index in [4.69, 9.17) is 4.74 Å². The molecule has 1 saturated heterocycles. The van der Waals surface area contributed by atoms with Crippen molar-refractivity contribution in [2.24, 2.45) is 5.92 Å². The SMILES string of the molecule is COc1cccc(N2CC(C(=O)NCCc3ccc(OC(F)F)cc3)CC2=O)c1. The molecule has 6 nitrogen and oxygen atoms in total. The molecule has 0 radical (unpaired) electrons. The van der Waals surface area contributed by atoms with E-state index in [0.29, 0.717) is 30.9 Å². The lowest BCUT2D eigenvalue weighted by atomic mass is 10.1. The van der Waals surface area contributed by atoms with Crippen LogP contribution >= 0.6 is 0 Å². The maximum atomic E-state index is 12.4. The fraction of sp³-hybridized carbons (Fsp3) is 0.333. The van der Waals surface area contributed by atoms with E-state index in [-0.39, 0.29) is 24.0 Å². The Morgan fingerprint density at radius 1 is 1.21 bits per heavy atom. The third kappa shape index (κ3) is 5.43. The van der Waals surface area contributed by atoms with Gasteiger partial charge in [-0.2, -0.15) is 8.78 Å². The molecular weight excluding hydrogens is 382 g/mol. The molecule has 0 aliphatic carbocycles. The second kappa shape index (κ2) is 9.36. The van der Waals surface area contributed by atoms with Crippen molar-refractivity contribution in [3.63, 3.8) is 0 Å². The van der Waals surface area contributed by atoms with Crippen LogP contribution in [0.3, 0.4) is 0 Å². The second-order valence-corrected chi connectivity index (χ2v) is 6.67. The Hall–Kier alpha value is -3.16. The molecule has 1 aliphatic heterocycles. The van der Waals surface area contributed by atoms with E-state index >= 15 is 0 Å². The summed E-state index contributed by atoms with van der Waals surface area (Å²) in [6, 6.07) is 13.4. The van der Waals surface area contributed by atoms with Gasteiger partial charge >= 0.3 is 6.61 Å². The minimum absolute atomic E-state index is 0.0925. The summed E-state index contributed by atoms with van der Waals surface area (Å²) in [7, 11) is 1.56. The topological polar surface area (TPSA) is 67.9 Å². The zero-order chi connectivity index (χ0) is 20.8. The van der Waals surface area contributed by atoms with E-state index in [1.807, 2.05) is 6.07 Å². The molecule has 1 N–H and O–H groups in total. The first kappa shape index (κ1) is 20.6. The number of halogens is 2. The number of anilines is 1. The lowest BCUT2D eigenvalue weighted by Gasteiger charge is -2.17. The molecule has 0 bridgehead atoms. The first-order chi connectivity index (χ1) is 14.0. The summed E-state index contributed by atoms with van der Waals surface area (Å²) in [5.41, 5.74) is 1.59. The average molecular weight is 404 g/mol. The minimum Gasteiger partial charge on any atom is -0.497 e. The van der Waals surface area contributed by atoms with Crippen molar-refractivity contribution in [3.8, 4) is 11.5 Å². The van der Waals surface area contributed by atoms with Crippen molar-refractivity contribution < 1.29 is 27.8 Å². The van der Waals surface area contributed by atoms with Gasteiger partial charge < -0.3 is 19.7 Å². The van der Waals surface area contributed by atoms with E-state index < -0.39 is 12.5 Å². The Labute approximate surface area is 167 Å². The van der Waals surface area contributed by atoms with Gasteiger partial charge in [0.25, 0.3) is 0 Å². The molecule has 2 amide bonds. The Kier molecular flexibility index (Phi) is 6.64. The van der Waals surface area contributed by atoms with Crippen LogP contribution in [0.1, 0.15) is 12.0 Å². The number of ether oxygens (including phenoxy) is 2. The van der Waals surface area contributed by atoms with Crippen LogP contribution in [0, 0.1) is 5.92 Å². The van der Waals surface area contributed by atoms with Gasteiger partial charge in [-0.25, -0.2) is 0 Å². The zero-order valence-electron chi connectivity index (χ0n) is 15.9. The standard InChI is InChI=1S/C21H22F2N2O4/c1-28-18-4-2-3-16(12-18)25-13-15(11-19(25)26)20(27)24-10-9-14-5-7-17(8-6-14)29-21(22)23/h2-8,12,15,21H,9-11,13H2,1H3,(H,24,27). The molecule has 1 heterocycles. The number of nitrogens with one attached hydrogen (secondary N) is 1. The molecule has 0 aromatic heterocycles. The number of carbonyl (C=O) groups is 2. The number of benzene rings is 2. The number of rotatable bonds is 8. The summed E-state index contributed by atoms with van der Waals surface area (Å²) in [5.74, 6) is 0.0352. The quantitative estimate of drug-likeness (QED) is 0.735. The minimum atomic E-state index is -2.86. The second-order valence-electron chi connectivity index (χ2n) is 6.67. The fourth-order valence-corrected chi connectivity index (χ4v) is 3.22. The molecule has 2 aromatic carbocycles. The van der Waals surface area contributed by atoms with Crippen molar-refractivity contribution in [2.75, 3.05) is 25.1 Å². The number of hydrogen-bond donors (Lipinski definition) is 1. The number of carbonyl (C=O) groups excluding carboxylic acids is 2. The highest BCUT2D eigenvalue weighted by atomic mass is 19.3. The van der Waals surface area contributed by atoms with E-state index in [1.165, 1.54) is 12.1 Å². The van der Waals surface area contributed by atoms with Crippen LogP contribution in [0.4, 0.5) is 14.5 Å². The highest BCUT2D eigenvalue weighted by molar-refractivity contribution is 6.00. The predicted octanol–water partition coefficient (Wildman–Crippen LogP) is 3.01. The lowest BCUT2D eigenvalue weighted by molar-refractivity contribution is -0.126. The van der Waals surface area contributed by atoms with E-state index in [9.17, 15) is 18.4 Å². The molecule has 154 valence electrons. The van der Waals surface area contributed by atoms with Gasteiger partial charge in [-0.3, -0.25) is 9.59 Å². The normalized spacial score (nSPS) is 16.2. The monoisotopic (exact) mass is 404 g/mol. The highest BCUT2D eigenvalue weighted by Crippen LogP contribution is 2.28. The van der Waals surface area contributed by atoms with E-state index in [0.717, 1.165) is 5.56 Å². The largest absolute Gasteiger partial charge is 0.497 e. The third-order valence-corrected chi connectivity index (χ3v) is 4.72. The molecule has 1 aliphatic rings. The Balaban J connectivity index is 1.49. The number of nitrogens with zero attached hydrogens (tertiary/aromatic N) is 1.